The van der Waals surface area contributed by atoms with E-state index >= 15 is 0 Å². The van der Waals surface area contributed by atoms with Crippen molar-refractivity contribution in [3.8, 4) is 0 Å². The molecule has 0 saturated heterocycles. The average molecular weight is 325 g/mol. The van der Waals surface area contributed by atoms with Crippen LogP contribution >= 0.6 is 11.8 Å². The SMILES string of the molecule is CCC=CCS[C@H]1[C@H]2CC[C@H](C2)[C@H]1CCCCCCC(=O)O. The van der Waals surface area contributed by atoms with Gasteiger partial charge in [-0.15, -0.1) is 0 Å². The fourth-order valence-electron chi connectivity index (χ4n) is 4.43. The van der Waals surface area contributed by atoms with E-state index in [2.05, 4.69) is 30.8 Å². The van der Waals surface area contributed by atoms with Gasteiger partial charge in [-0.1, -0.05) is 38.3 Å². The summed E-state index contributed by atoms with van der Waals surface area (Å²) in [5.41, 5.74) is 0. The summed E-state index contributed by atoms with van der Waals surface area (Å²) in [5.74, 6) is 3.47. The zero-order valence-electron chi connectivity index (χ0n) is 14.0. The number of thioether (sulfide) groups is 1. The third kappa shape index (κ3) is 5.33. The predicted octanol–water partition coefficient (Wildman–Crippen LogP) is 5.53. The summed E-state index contributed by atoms with van der Waals surface area (Å²) in [6.45, 7) is 2.20. The molecule has 2 aliphatic carbocycles. The van der Waals surface area contributed by atoms with Crippen molar-refractivity contribution in [2.24, 2.45) is 17.8 Å². The van der Waals surface area contributed by atoms with E-state index in [1.807, 2.05) is 0 Å². The van der Waals surface area contributed by atoms with Crippen LogP contribution in [0.15, 0.2) is 12.2 Å². The van der Waals surface area contributed by atoms with Gasteiger partial charge in [0.15, 0.2) is 0 Å². The maximum Gasteiger partial charge on any atom is 0.303 e. The molecule has 0 radical (unpaired) electrons. The van der Waals surface area contributed by atoms with Gasteiger partial charge >= 0.3 is 5.97 Å². The van der Waals surface area contributed by atoms with Gasteiger partial charge in [-0.2, -0.15) is 11.8 Å². The van der Waals surface area contributed by atoms with Crippen molar-refractivity contribution in [1.29, 1.82) is 0 Å². The largest absolute Gasteiger partial charge is 0.481 e. The molecule has 126 valence electrons. The fraction of sp³-hybridized carbons (Fsp3) is 0.842. The topological polar surface area (TPSA) is 37.3 Å². The lowest BCUT2D eigenvalue weighted by Crippen LogP contribution is -2.25. The van der Waals surface area contributed by atoms with Gasteiger partial charge in [0.1, 0.15) is 0 Å². The van der Waals surface area contributed by atoms with Gasteiger partial charge in [0, 0.05) is 17.4 Å². The van der Waals surface area contributed by atoms with Crippen LogP contribution in [0.1, 0.15) is 71.1 Å². The Balaban J connectivity index is 1.66. The fourth-order valence-corrected chi connectivity index (χ4v) is 6.02. The van der Waals surface area contributed by atoms with E-state index in [1.165, 1.54) is 44.3 Å². The number of carbonyl (C=O) groups is 1. The summed E-state index contributed by atoms with van der Waals surface area (Å²) in [7, 11) is 0. The molecule has 3 heteroatoms. The van der Waals surface area contributed by atoms with E-state index in [4.69, 9.17) is 5.11 Å². The van der Waals surface area contributed by atoms with Gasteiger partial charge in [0.05, 0.1) is 0 Å². The molecule has 0 spiro atoms. The number of hydrogen-bond acceptors (Lipinski definition) is 2. The highest BCUT2D eigenvalue weighted by Crippen LogP contribution is 2.54. The Kier molecular flexibility index (Phi) is 7.85. The minimum Gasteiger partial charge on any atom is -0.481 e. The molecule has 2 fully saturated rings. The van der Waals surface area contributed by atoms with Crippen molar-refractivity contribution < 1.29 is 9.90 Å². The van der Waals surface area contributed by atoms with Crippen LogP contribution in [0.4, 0.5) is 0 Å². The van der Waals surface area contributed by atoms with Crippen LogP contribution in [0.5, 0.6) is 0 Å². The second-order valence-corrected chi connectivity index (χ2v) is 8.23. The zero-order valence-corrected chi connectivity index (χ0v) is 14.8. The summed E-state index contributed by atoms with van der Waals surface area (Å²) in [6, 6.07) is 0. The molecule has 4 atom stereocenters. The summed E-state index contributed by atoms with van der Waals surface area (Å²) in [6.07, 6.45) is 16.4. The van der Waals surface area contributed by atoms with Crippen molar-refractivity contribution in [1.82, 2.24) is 0 Å². The quantitative estimate of drug-likeness (QED) is 0.401. The zero-order chi connectivity index (χ0) is 15.8. The Hall–Kier alpha value is -0.440. The monoisotopic (exact) mass is 324 g/mol. The van der Waals surface area contributed by atoms with Crippen LogP contribution < -0.4 is 0 Å². The van der Waals surface area contributed by atoms with E-state index in [1.54, 1.807) is 0 Å². The van der Waals surface area contributed by atoms with Crippen LogP contribution in [-0.2, 0) is 4.79 Å². The molecule has 2 saturated carbocycles. The Morgan fingerprint density at radius 1 is 1.14 bits per heavy atom. The smallest absolute Gasteiger partial charge is 0.303 e. The first-order valence-corrected chi connectivity index (χ1v) is 10.3. The molecule has 0 aromatic carbocycles. The molecule has 2 nitrogen and oxygen atoms in total. The van der Waals surface area contributed by atoms with Crippen molar-refractivity contribution in [2.45, 2.75) is 76.4 Å². The lowest BCUT2D eigenvalue weighted by Gasteiger charge is -2.30. The first-order valence-electron chi connectivity index (χ1n) is 9.20. The Bertz CT molecular complexity index is 366. The molecule has 0 aliphatic heterocycles. The normalized spacial score (nSPS) is 30.4. The van der Waals surface area contributed by atoms with Gasteiger partial charge in [0.25, 0.3) is 0 Å². The standard InChI is InChI=1S/C19H32O2S/c1-2-3-8-13-22-19-16-12-11-15(14-16)17(19)9-6-4-5-7-10-18(20)21/h3,8,15-17,19H,2,4-7,9-14H2,1H3,(H,20,21)/t15-,16+,17-,19+/m1/s1. The van der Waals surface area contributed by atoms with Gasteiger partial charge in [-0.25, -0.2) is 0 Å². The van der Waals surface area contributed by atoms with E-state index in [-0.39, 0.29) is 0 Å². The molecule has 0 heterocycles. The molecule has 0 amide bonds. The number of unbranched alkanes of at least 4 members (excludes halogenated alkanes) is 3. The Morgan fingerprint density at radius 3 is 2.68 bits per heavy atom. The highest BCUT2D eigenvalue weighted by molar-refractivity contribution is 8.00. The van der Waals surface area contributed by atoms with E-state index in [0.29, 0.717) is 6.42 Å². The van der Waals surface area contributed by atoms with Gasteiger partial charge in [-0.3, -0.25) is 4.79 Å². The highest BCUT2D eigenvalue weighted by Gasteiger charge is 2.46. The maximum absolute atomic E-state index is 10.5. The minimum atomic E-state index is -0.648. The lowest BCUT2D eigenvalue weighted by atomic mass is 9.84. The van der Waals surface area contributed by atoms with Crippen LogP contribution in [0.25, 0.3) is 0 Å². The molecule has 2 rings (SSSR count). The maximum atomic E-state index is 10.5. The van der Waals surface area contributed by atoms with Crippen LogP contribution in [0, 0.1) is 17.8 Å². The molecule has 0 unspecified atom stereocenters. The summed E-state index contributed by atoms with van der Waals surface area (Å²) < 4.78 is 0. The Morgan fingerprint density at radius 2 is 1.91 bits per heavy atom. The number of aliphatic carboxylic acids is 1. The third-order valence-electron chi connectivity index (χ3n) is 5.47. The molecule has 0 aromatic heterocycles. The Labute approximate surface area is 140 Å². The third-order valence-corrected chi connectivity index (χ3v) is 6.98. The van der Waals surface area contributed by atoms with E-state index in [9.17, 15) is 4.79 Å². The van der Waals surface area contributed by atoms with Crippen molar-refractivity contribution in [3.63, 3.8) is 0 Å². The lowest BCUT2D eigenvalue weighted by molar-refractivity contribution is -0.137. The van der Waals surface area contributed by atoms with Gasteiger partial charge in [-0.05, 0) is 56.3 Å². The molecule has 0 aromatic rings. The number of rotatable bonds is 11. The summed E-state index contributed by atoms with van der Waals surface area (Å²) >= 11 is 2.20. The predicted molar refractivity (Wildman–Crippen MR) is 95.3 cm³/mol. The second-order valence-electron chi connectivity index (χ2n) is 7.02. The number of hydrogen-bond donors (Lipinski definition) is 1. The molecule has 2 aliphatic rings. The van der Waals surface area contributed by atoms with Crippen LogP contribution in [-0.4, -0.2) is 22.1 Å². The van der Waals surface area contributed by atoms with Crippen molar-refractivity contribution >= 4 is 17.7 Å². The van der Waals surface area contributed by atoms with Crippen LogP contribution in [0.3, 0.4) is 0 Å². The second kappa shape index (κ2) is 9.64. The van der Waals surface area contributed by atoms with Crippen molar-refractivity contribution in [3.05, 3.63) is 12.2 Å². The van der Waals surface area contributed by atoms with Gasteiger partial charge < -0.3 is 5.11 Å². The van der Waals surface area contributed by atoms with Gasteiger partial charge in [0.2, 0.25) is 0 Å². The first kappa shape index (κ1) is 17.9. The average Bonchev–Trinajstić information content (AvgIpc) is 3.08. The molecule has 22 heavy (non-hydrogen) atoms. The molecule has 2 bridgehead atoms. The number of carboxylic acid groups (broad SMARTS) is 1. The summed E-state index contributed by atoms with van der Waals surface area (Å²) in [4.78, 5) is 10.5. The van der Waals surface area contributed by atoms with Crippen molar-refractivity contribution in [2.75, 3.05) is 5.75 Å². The summed E-state index contributed by atoms with van der Waals surface area (Å²) in [5, 5.41) is 9.56. The number of fused-ring (bicyclic) bond motifs is 2. The molecule has 1 N–H and O–H groups in total. The van der Waals surface area contributed by atoms with E-state index < -0.39 is 5.97 Å². The minimum absolute atomic E-state index is 0.344. The van der Waals surface area contributed by atoms with Crippen LogP contribution in [0.2, 0.25) is 0 Å². The molecular formula is C19H32O2S. The highest BCUT2D eigenvalue weighted by atomic mass is 32.2. The first-order chi connectivity index (χ1) is 10.7. The number of carboxylic acids is 1. The van der Waals surface area contributed by atoms with E-state index in [0.717, 1.165) is 42.3 Å². The molecular weight excluding hydrogens is 292 g/mol. The number of allylic oxidation sites excluding steroid dienone is 1.